The van der Waals surface area contributed by atoms with E-state index >= 15 is 0 Å². The van der Waals surface area contributed by atoms with Gasteiger partial charge in [-0.1, -0.05) is 29.3 Å². The average Bonchev–Trinajstić information content (AvgIpc) is 2.48. The van der Waals surface area contributed by atoms with Gasteiger partial charge in [0.25, 0.3) is 5.69 Å². The standard InChI is InChI=1S/C14H10Cl3NO3/c15-7-10-6-11(18(19)20)2-4-14(10)21-8-9-1-3-12(16)13(17)5-9/h1-6H,7-8H2. The summed E-state index contributed by atoms with van der Waals surface area (Å²) in [7, 11) is 0. The normalized spacial score (nSPS) is 10.4. The summed E-state index contributed by atoms with van der Waals surface area (Å²) in [6.45, 7) is 0.262. The zero-order chi connectivity index (χ0) is 15.4. The fourth-order valence-electron chi connectivity index (χ4n) is 1.72. The van der Waals surface area contributed by atoms with E-state index in [1.807, 2.05) is 0 Å². The summed E-state index contributed by atoms with van der Waals surface area (Å²) in [6, 6.07) is 9.49. The van der Waals surface area contributed by atoms with Gasteiger partial charge in [0.1, 0.15) is 12.4 Å². The van der Waals surface area contributed by atoms with Crippen LogP contribution in [0.1, 0.15) is 11.1 Å². The molecule has 4 nitrogen and oxygen atoms in total. The molecule has 0 aliphatic carbocycles. The van der Waals surface area contributed by atoms with Gasteiger partial charge in [0.2, 0.25) is 0 Å². The molecule has 0 aliphatic rings. The summed E-state index contributed by atoms with van der Waals surface area (Å²) in [4.78, 5) is 10.3. The molecule has 0 aliphatic heterocycles. The Balaban J connectivity index is 2.15. The third kappa shape index (κ3) is 4.00. The third-order valence-corrected chi connectivity index (χ3v) is 3.80. The summed E-state index contributed by atoms with van der Waals surface area (Å²) in [5.41, 5.74) is 1.38. The van der Waals surface area contributed by atoms with Crippen molar-refractivity contribution in [2.75, 3.05) is 0 Å². The van der Waals surface area contributed by atoms with Crippen molar-refractivity contribution in [1.29, 1.82) is 0 Å². The Kier molecular flexibility index (Phi) is 5.28. The van der Waals surface area contributed by atoms with Gasteiger partial charge in [-0.3, -0.25) is 10.1 Å². The molecular weight excluding hydrogens is 337 g/mol. The summed E-state index contributed by atoms with van der Waals surface area (Å²) in [5, 5.41) is 11.6. The van der Waals surface area contributed by atoms with Crippen molar-refractivity contribution in [3.63, 3.8) is 0 Å². The van der Waals surface area contributed by atoms with Crippen molar-refractivity contribution in [3.8, 4) is 5.75 Å². The molecule has 110 valence electrons. The maximum absolute atomic E-state index is 10.7. The number of rotatable bonds is 5. The number of benzene rings is 2. The van der Waals surface area contributed by atoms with E-state index in [-0.39, 0.29) is 18.2 Å². The summed E-state index contributed by atoms with van der Waals surface area (Å²) in [5.74, 6) is 0.625. The average molecular weight is 347 g/mol. The van der Waals surface area contributed by atoms with Crippen LogP contribution in [0.2, 0.25) is 10.0 Å². The van der Waals surface area contributed by atoms with Gasteiger partial charge >= 0.3 is 0 Å². The van der Waals surface area contributed by atoms with Crippen LogP contribution in [0.4, 0.5) is 5.69 Å². The number of nitrogens with zero attached hydrogens (tertiary/aromatic N) is 1. The first-order chi connectivity index (χ1) is 10.0. The molecule has 0 unspecified atom stereocenters. The lowest BCUT2D eigenvalue weighted by atomic mass is 10.2. The van der Waals surface area contributed by atoms with E-state index in [1.54, 1.807) is 18.2 Å². The lowest BCUT2D eigenvalue weighted by molar-refractivity contribution is -0.384. The van der Waals surface area contributed by atoms with Crippen molar-refractivity contribution in [2.45, 2.75) is 12.5 Å². The van der Waals surface area contributed by atoms with Crippen molar-refractivity contribution in [1.82, 2.24) is 0 Å². The van der Waals surface area contributed by atoms with Crippen LogP contribution in [-0.2, 0) is 12.5 Å². The molecule has 0 atom stereocenters. The van der Waals surface area contributed by atoms with E-state index < -0.39 is 4.92 Å². The Morgan fingerprint density at radius 3 is 2.48 bits per heavy atom. The van der Waals surface area contributed by atoms with Crippen LogP contribution in [0.25, 0.3) is 0 Å². The number of hydrogen-bond acceptors (Lipinski definition) is 3. The lowest BCUT2D eigenvalue weighted by Gasteiger charge is -2.10. The molecule has 2 aromatic rings. The van der Waals surface area contributed by atoms with Gasteiger partial charge in [-0.25, -0.2) is 0 Å². The number of non-ortho nitro benzene ring substituents is 1. The molecular formula is C14H10Cl3NO3. The Labute approximate surface area is 136 Å². The van der Waals surface area contributed by atoms with Gasteiger partial charge in [0.05, 0.1) is 20.8 Å². The predicted octanol–water partition coefficient (Wildman–Crippen LogP) is 5.22. The molecule has 0 bridgehead atoms. The first kappa shape index (κ1) is 15.9. The van der Waals surface area contributed by atoms with Gasteiger partial charge in [0, 0.05) is 17.7 Å². The molecule has 0 amide bonds. The van der Waals surface area contributed by atoms with E-state index in [9.17, 15) is 10.1 Å². The summed E-state index contributed by atoms with van der Waals surface area (Å²) < 4.78 is 5.63. The highest BCUT2D eigenvalue weighted by Gasteiger charge is 2.11. The van der Waals surface area contributed by atoms with Crippen molar-refractivity contribution < 1.29 is 9.66 Å². The fourth-order valence-corrected chi connectivity index (χ4v) is 2.24. The Hall–Kier alpha value is -1.49. The molecule has 0 saturated carbocycles. The van der Waals surface area contributed by atoms with Crippen molar-refractivity contribution in [2.24, 2.45) is 0 Å². The minimum atomic E-state index is -0.473. The van der Waals surface area contributed by atoms with Crippen LogP contribution in [-0.4, -0.2) is 4.92 Å². The molecule has 0 radical (unpaired) electrons. The van der Waals surface area contributed by atoms with E-state index in [0.717, 1.165) is 5.56 Å². The maximum atomic E-state index is 10.7. The predicted molar refractivity (Wildman–Crippen MR) is 83.4 cm³/mol. The van der Waals surface area contributed by atoms with Crippen LogP contribution in [0.5, 0.6) is 5.75 Å². The van der Waals surface area contributed by atoms with Gasteiger partial charge in [-0.2, -0.15) is 0 Å². The first-order valence-corrected chi connectivity index (χ1v) is 7.20. The topological polar surface area (TPSA) is 52.4 Å². The minimum absolute atomic E-state index is 0.0208. The highest BCUT2D eigenvalue weighted by molar-refractivity contribution is 6.42. The zero-order valence-corrected chi connectivity index (χ0v) is 13.0. The van der Waals surface area contributed by atoms with E-state index in [0.29, 0.717) is 21.4 Å². The fraction of sp³-hybridized carbons (Fsp3) is 0.143. The summed E-state index contributed by atoms with van der Waals surface area (Å²) >= 11 is 17.6. The highest BCUT2D eigenvalue weighted by Crippen LogP contribution is 2.27. The zero-order valence-electron chi connectivity index (χ0n) is 10.7. The van der Waals surface area contributed by atoms with E-state index in [1.165, 1.54) is 18.2 Å². The SMILES string of the molecule is O=[N+]([O-])c1ccc(OCc2ccc(Cl)c(Cl)c2)c(CCl)c1. The largest absolute Gasteiger partial charge is 0.489 e. The third-order valence-electron chi connectivity index (χ3n) is 2.78. The molecule has 2 rings (SSSR count). The Morgan fingerprint density at radius 1 is 1.10 bits per heavy atom. The number of ether oxygens (including phenoxy) is 1. The van der Waals surface area contributed by atoms with Gasteiger partial charge in [0.15, 0.2) is 0 Å². The minimum Gasteiger partial charge on any atom is -0.489 e. The molecule has 21 heavy (non-hydrogen) atoms. The van der Waals surface area contributed by atoms with E-state index in [4.69, 9.17) is 39.5 Å². The van der Waals surface area contributed by atoms with E-state index in [2.05, 4.69) is 0 Å². The summed E-state index contributed by atoms with van der Waals surface area (Å²) in [6.07, 6.45) is 0. The molecule has 0 aromatic heterocycles. The monoisotopic (exact) mass is 345 g/mol. The number of alkyl halides is 1. The number of nitro groups is 1. The smallest absolute Gasteiger partial charge is 0.270 e. The molecule has 0 heterocycles. The Morgan fingerprint density at radius 2 is 1.86 bits per heavy atom. The maximum Gasteiger partial charge on any atom is 0.270 e. The highest BCUT2D eigenvalue weighted by atomic mass is 35.5. The molecule has 2 aromatic carbocycles. The second kappa shape index (κ2) is 6.98. The lowest BCUT2D eigenvalue weighted by Crippen LogP contribution is -1.99. The van der Waals surface area contributed by atoms with Crippen LogP contribution in [0.15, 0.2) is 36.4 Å². The molecule has 0 saturated heterocycles. The van der Waals surface area contributed by atoms with Gasteiger partial charge < -0.3 is 4.74 Å². The van der Waals surface area contributed by atoms with Crippen LogP contribution < -0.4 is 4.74 Å². The number of halogens is 3. The number of nitro benzene ring substituents is 1. The van der Waals surface area contributed by atoms with Crippen LogP contribution in [0.3, 0.4) is 0 Å². The second-order valence-electron chi connectivity index (χ2n) is 4.22. The second-order valence-corrected chi connectivity index (χ2v) is 5.30. The van der Waals surface area contributed by atoms with Crippen molar-refractivity contribution in [3.05, 3.63) is 67.7 Å². The number of hydrogen-bond donors (Lipinski definition) is 0. The van der Waals surface area contributed by atoms with Crippen LogP contribution in [0, 0.1) is 10.1 Å². The molecule has 0 fully saturated rings. The van der Waals surface area contributed by atoms with Crippen molar-refractivity contribution >= 4 is 40.5 Å². The van der Waals surface area contributed by atoms with Gasteiger partial charge in [-0.05, 0) is 23.8 Å². The first-order valence-electron chi connectivity index (χ1n) is 5.91. The Bertz CT molecular complexity index is 677. The molecule has 0 spiro atoms. The van der Waals surface area contributed by atoms with Gasteiger partial charge in [-0.15, -0.1) is 11.6 Å². The van der Waals surface area contributed by atoms with Crippen LogP contribution >= 0.6 is 34.8 Å². The molecule has 7 heteroatoms. The molecule has 0 N–H and O–H groups in total. The quantitative estimate of drug-likeness (QED) is 0.424.